The average molecular weight is 585 g/mol. The van der Waals surface area contributed by atoms with Gasteiger partial charge in [0.05, 0.1) is 13.4 Å². The predicted molar refractivity (Wildman–Crippen MR) is 140 cm³/mol. The monoisotopic (exact) mass is 584 g/mol. The summed E-state index contributed by atoms with van der Waals surface area (Å²) in [7, 11) is -8.82. The smallest absolute Gasteiger partial charge is 0.342 e. The molecule has 0 spiro atoms. The summed E-state index contributed by atoms with van der Waals surface area (Å²) in [6.45, 7) is 18.7. The van der Waals surface area contributed by atoms with Crippen LogP contribution in [0.25, 0.3) is 0 Å². The second-order valence-electron chi connectivity index (χ2n) is 13.2. The lowest BCUT2D eigenvalue weighted by Crippen LogP contribution is -2.80. The van der Waals surface area contributed by atoms with E-state index in [0.717, 1.165) is 13.4 Å². The summed E-state index contributed by atoms with van der Waals surface area (Å²) in [5.41, 5.74) is -5.39. The highest BCUT2D eigenvalue weighted by Crippen LogP contribution is 2.53. The minimum Gasteiger partial charge on any atom is -0.469 e. The Morgan fingerprint density at radius 1 is 0.973 bits per heavy atom. The number of hydrogen-bond donors (Lipinski definition) is 2. The van der Waals surface area contributed by atoms with Crippen LogP contribution in [0.5, 0.6) is 0 Å². The number of ether oxygens (including phenoxy) is 2. The van der Waals surface area contributed by atoms with Crippen LogP contribution in [0.1, 0.15) is 41.5 Å². The van der Waals surface area contributed by atoms with E-state index >= 15 is 0 Å². The van der Waals surface area contributed by atoms with Crippen LogP contribution in [0.4, 0.5) is 0 Å². The zero-order valence-electron chi connectivity index (χ0n) is 24.0. The quantitative estimate of drug-likeness (QED) is 0.256. The number of methoxy groups -OCH3 is 1. The molecule has 0 radical (unpaired) electrons. The third-order valence-corrected chi connectivity index (χ3v) is 18.0. The number of esters is 2. The van der Waals surface area contributed by atoms with E-state index in [1.54, 1.807) is 0 Å². The van der Waals surface area contributed by atoms with Gasteiger partial charge in [-0.25, -0.2) is 4.79 Å². The largest absolute Gasteiger partial charge is 0.469 e. The van der Waals surface area contributed by atoms with Crippen LogP contribution in [-0.2, 0) is 42.2 Å². The van der Waals surface area contributed by atoms with Crippen LogP contribution < -0.4 is 0 Å². The summed E-state index contributed by atoms with van der Waals surface area (Å²) in [4.78, 5) is 26.1. The number of rotatable bonds is 7. The fourth-order valence-corrected chi connectivity index (χ4v) is 7.42. The Morgan fingerprint density at radius 3 is 1.84 bits per heavy atom. The summed E-state index contributed by atoms with van der Waals surface area (Å²) < 4.78 is 53.6. The van der Waals surface area contributed by atoms with Gasteiger partial charge >= 0.3 is 11.9 Å². The second-order valence-corrected chi connectivity index (χ2v) is 24.3. The highest BCUT2D eigenvalue weighted by molar-refractivity contribution is 7.86. The molecule has 14 heteroatoms. The van der Waals surface area contributed by atoms with Crippen LogP contribution in [-0.4, -0.2) is 96.7 Å². The maximum absolute atomic E-state index is 13.1. The summed E-state index contributed by atoms with van der Waals surface area (Å²) in [5.74, 6) is -4.45. The van der Waals surface area contributed by atoms with E-state index in [4.69, 9.17) is 22.5 Å². The molecule has 1 heterocycles. The van der Waals surface area contributed by atoms with Crippen molar-refractivity contribution in [1.82, 2.24) is 0 Å². The van der Waals surface area contributed by atoms with Crippen LogP contribution >= 0.6 is 0 Å². The fourth-order valence-electron chi connectivity index (χ4n) is 4.19. The SMILES string of the molecule is COC(=O)[C@H]1[C@@H](OS(C)(=O)=O)[C@@H](O[Si](C)(C)C(C)(C)C)[C@@H](O[Si](C)(C)C(C)(C)C)[C@@]2(O)COC(=O)[C@@]12O. The molecule has 2 rings (SSSR count). The first-order chi connectivity index (χ1) is 16.3. The lowest BCUT2D eigenvalue weighted by Gasteiger charge is -2.57. The molecule has 1 saturated carbocycles. The molecule has 0 aromatic heterocycles. The molecular formula is C23H44O11SSi2. The standard InChI is InChI=1S/C23H44O11SSi2/c1-20(2,3)36(9,10)33-16-15(32-35(8,28)29)14(18(24)30-7)23(27)19(25)31-13-22(23,26)17(16)34-37(11,12)21(4,5)6/h14-17,26-27H,13H2,1-12H3/t14-,15-,16-,17-,22+,23+/m1/s1. The van der Waals surface area contributed by atoms with Gasteiger partial charge in [-0.05, 0) is 36.3 Å². The van der Waals surface area contributed by atoms with Crippen molar-refractivity contribution in [2.24, 2.45) is 5.92 Å². The van der Waals surface area contributed by atoms with Crippen molar-refractivity contribution in [3.63, 3.8) is 0 Å². The Morgan fingerprint density at radius 2 is 1.43 bits per heavy atom. The van der Waals surface area contributed by atoms with Crippen LogP contribution in [0.15, 0.2) is 0 Å². The minimum atomic E-state index is -4.27. The maximum Gasteiger partial charge on any atom is 0.342 e. The Balaban J connectivity index is 2.94. The molecule has 37 heavy (non-hydrogen) atoms. The number of fused-ring (bicyclic) bond motifs is 1. The molecule has 216 valence electrons. The van der Waals surface area contributed by atoms with Gasteiger partial charge in [-0.1, -0.05) is 41.5 Å². The van der Waals surface area contributed by atoms with Crippen molar-refractivity contribution in [2.45, 2.75) is 107 Å². The Kier molecular flexibility index (Phi) is 8.43. The molecule has 0 unspecified atom stereocenters. The third kappa shape index (κ3) is 5.58. The van der Waals surface area contributed by atoms with E-state index in [0.29, 0.717) is 0 Å². The molecule has 0 amide bonds. The second kappa shape index (κ2) is 9.64. The summed E-state index contributed by atoms with van der Waals surface area (Å²) in [6.07, 6.45) is -3.84. The lowest BCUT2D eigenvalue weighted by atomic mass is 9.63. The molecule has 0 aromatic rings. The van der Waals surface area contributed by atoms with Gasteiger partial charge in [0.2, 0.25) is 5.60 Å². The van der Waals surface area contributed by atoms with Crippen LogP contribution in [0.3, 0.4) is 0 Å². The topological polar surface area (TPSA) is 155 Å². The number of aliphatic hydroxyl groups is 2. The Labute approximate surface area is 222 Å². The van der Waals surface area contributed by atoms with Crippen molar-refractivity contribution in [3.05, 3.63) is 0 Å². The van der Waals surface area contributed by atoms with Gasteiger partial charge in [0.25, 0.3) is 10.1 Å². The summed E-state index contributed by atoms with van der Waals surface area (Å²) in [6, 6.07) is 0. The first-order valence-corrected chi connectivity index (χ1v) is 19.8. The average Bonchev–Trinajstić information content (AvgIpc) is 2.92. The molecule has 11 nitrogen and oxygen atoms in total. The third-order valence-electron chi connectivity index (χ3n) is 8.47. The van der Waals surface area contributed by atoms with E-state index < -0.39 is 85.8 Å². The molecule has 2 fully saturated rings. The first-order valence-electron chi connectivity index (χ1n) is 12.2. The molecule has 1 aliphatic carbocycles. The van der Waals surface area contributed by atoms with E-state index in [-0.39, 0.29) is 5.04 Å². The molecule has 0 bridgehead atoms. The number of carbonyl (C=O) groups is 2. The molecule has 2 N–H and O–H groups in total. The van der Waals surface area contributed by atoms with Gasteiger partial charge in [0.15, 0.2) is 22.2 Å². The number of cyclic esters (lactones) is 1. The molecular weight excluding hydrogens is 540 g/mol. The maximum atomic E-state index is 13.1. The zero-order valence-corrected chi connectivity index (χ0v) is 26.8. The number of hydrogen-bond acceptors (Lipinski definition) is 11. The van der Waals surface area contributed by atoms with Crippen molar-refractivity contribution in [1.29, 1.82) is 0 Å². The highest BCUT2D eigenvalue weighted by Gasteiger charge is 2.79. The fraction of sp³-hybridized carbons (Fsp3) is 0.913. The molecule has 1 saturated heterocycles. The van der Waals surface area contributed by atoms with Crippen molar-refractivity contribution in [2.75, 3.05) is 20.0 Å². The molecule has 2 aliphatic rings. The van der Waals surface area contributed by atoms with Gasteiger partial charge in [-0.15, -0.1) is 0 Å². The van der Waals surface area contributed by atoms with Crippen molar-refractivity contribution >= 4 is 38.7 Å². The van der Waals surface area contributed by atoms with E-state index in [1.807, 2.05) is 67.7 Å². The van der Waals surface area contributed by atoms with Gasteiger partial charge in [-0.3, -0.25) is 8.98 Å². The van der Waals surface area contributed by atoms with Gasteiger partial charge < -0.3 is 28.5 Å². The van der Waals surface area contributed by atoms with E-state index in [2.05, 4.69) is 0 Å². The summed E-state index contributed by atoms with van der Waals surface area (Å²) in [5, 5.41) is 23.1. The minimum absolute atomic E-state index is 0.386. The van der Waals surface area contributed by atoms with Crippen molar-refractivity contribution < 1.29 is 50.7 Å². The molecule has 1 aliphatic heterocycles. The first kappa shape index (κ1) is 32.3. The lowest BCUT2D eigenvalue weighted by molar-refractivity contribution is -0.263. The number of carbonyl (C=O) groups excluding carboxylic acids is 2. The highest BCUT2D eigenvalue weighted by atomic mass is 32.2. The normalized spacial score (nSPS) is 33.6. The Hall–Kier alpha value is -0.876. The Bertz CT molecular complexity index is 1010. The predicted octanol–water partition coefficient (Wildman–Crippen LogP) is 1.93. The van der Waals surface area contributed by atoms with Crippen molar-refractivity contribution in [3.8, 4) is 0 Å². The molecule has 0 aromatic carbocycles. The van der Waals surface area contributed by atoms with Crippen LogP contribution in [0.2, 0.25) is 36.3 Å². The van der Waals surface area contributed by atoms with E-state index in [1.165, 1.54) is 0 Å². The van der Waals surface area contributed by atoms with E-state index in [9.17, 15) is 28.2 Å². The zero-order chi connectivity index (χ0) is 29.2. The van der Waals surface area contributed by atoms with Gasteiger partial charge in [0, 0.05) is 0 Å². The van der Waals surface area contributed by atoms with Gasteiger partial charge in [-0.2, -0.15) is 8.42 Å². The van der Waals surface area contributed by atoms with Gasteiger partial charge in [0.1, 0.15) is 30.8 Å². The van der Waals surface area contributed by atoms with Crippen LogP contribution in [0, 0.1) is 5.92 Å². The molecule has 6 atom stereocenters. The summed E-state index contributed by atoms with van der Waals surface area (Å²) >= 11 is 0.